The van der Waals surface area contributed by atoms with Gasteiger partial charge in [-0.25, -0.2) is 4.98 Å². The zero-order valence-electron chi connectivity index (χ0n) is 11.4. The number of anilines is 1. The summed E-state index contributed by atoms with van der Waals surface area (Å²) in [5, 5.41) is 0. The molecule has 0 unspecified atom stereocenters. The third-order valence-corrected chi connectivity index (χ3v) is 3.60. The van der Waals surface area contributed by atoms with Crippen LogP contribution < -0.4 is 4.90 Å². The minimum Gasteiger partial charge on any atom is -0.300 e. The second-order valence-electron chi connectivity index (χ2n) is 5.03. The van der Waals surface area contributed by atoms with Crippen LogP contribution in [0.5, 0.6) is 0 Å². The Hall–Kier alpha value is -1.42. The lowest BCUT2D eigenvalue weighted by atomic mass is 9.97. The summed E-state index contributed by atoms with van der Waals surface area (Å²) in [4.78, 5) is 19.8. The Kier molecular flexibility index (Phi) is 3.97. The monoisotopic (exact) mass is 247 g/mol. The Morgan fingerprint density at radius 3 is 2.83 bits per heavy atom. The molecule has 0 spiro atoms. The van der Waals surface area contributed by atoms with Crippen molar-refractivity contribution in [3.63, 3.8) is 0 Å². The molecule has 18 heavy (non-hydrogen) atoms. The second-order valence-corrected chi connectivity index (χ2v) is 5.03. The molecule has 2 rings (SSSR count). The molecule has 4 nitrogen and oxygen atoms in total. The van der Waals surface area contributed by atoms with Gasteiger partial charge >= 0.3 is 0 Å². The second kappa shape index (κ2) is 5.48. The quantitative estimate of drug-likeness (QED) is 0.815. The number of pyridine rings is 1. The van der Waals surface area contributed by atoms with Gasteiger partial charge in [-0.2, -0.15) is 0 Å². The molecule has 1 aromatic rings. The average molecular weight is 247 g/mol. The third-order valence-electron chi connectivity index (χ3n) is 3.60. The highest BCUT2D eigenvalue weighted by atomic mass is 16.2. The standard InChI is InChI=1S/C14H21N3O/c1-4-12-8-17(9-12)10-13-6-5-7-14(15-13)16(3)11(2)18/h5-7,12H,4,8-10H2,1-3H3. The molecular formula is C14H21N3O. The molecule has 1 amide bonds. The van der Waals surface area contributed by atoms with Gasteiger partial charge in [-0.05, 0) is 18.1 Å². The van der Waals surface area contributed by atoms with Crippen LogP contribution in [-0.4, -0.2) is 35.9 Å². The van der Waals surface area contributed by atoms with Crippen LogP contribution in [0.1, 0.15) is 26.0 Å². The molecule has 2 heterocycles. The number of aromatic nitrogens is 1. The van der Waals surface area contributed by atoms with Gasteiger partial charge < -0.3 is 4.90 Å². The summed E-state index contributed by atoms with van der Waals surface area (Å²) in [5.74, 6) is 1.59. The van der Waals surface area contributed by atoms with Crippen LogP contribution in [0.4, 0.5) is 5.82 Å². The van der Waals surface area contributed by atoms with Crippen LogP contribution in [0, 0.1) is 5.92 Å². The average Bonchev–Trinajstić information content (AvgIpc) is 2.32. The van der Waals surface area contributed by atoms with E-state index in [1.807, 2.05) is 18.2 Å². The van der Waals surface area contributed by atoms with Crippen molar-refractivity contribution in [2.45, 2.75) is 26.8 Å². The molecule has 4 heteroatoms. The van der Waals surface area contributed by atoms with E-state index in [-0.39, 0.29) is 5.91 Å². The number of rotatable bonds is 4. The molecule has 0 aliphatic carbocycles. The predicted molar refractivity (Wildman–Crippen MR) is 72.4 cm³/mol. The lowest BCUT2D eigenvalue weighted by molar-refractivity contribution is -0.116. The first kappa shape index (κ1) is 13.0. The number of nitrogens with zero attached hydrogens (tertiary/aromatic N) is 3. The molecule has 0 radical (unpaired) electrons. The number of carbonyl (C=O) groups excluding carboxylic acids is 1. The van der Waals surface area contributed by atoms with Gasteiger partial charge in [0.25, 0.3) is 0 Å². The molecule has 98 valence electrons. The molecule has 1 aliphatic rings. The fourth-order valence-corrected chi connectivity index (χ4v) is 2.20. The molecular weight excluding hydrogens is 226 g/mol. The van der Waals surface area contributed by atoms with Crippen molar-refractivity contribution in [2.24, 2.45) is 5.92 Å². The van der Waals surface area contributed by atoms with Crippen molar-refractivity contribution < 1.29 is 4.79 Å². The smallest absolute Gasteiger partial charge is 0.224 e. The summed E-state index contributed by atoms with van der Waals surface area (Å²) in [6, 6.07) is 5.86. The number of hydrogen-bond acceptors (Lipinski definition) is 3. The zero-order chi connectivity index (χ0) is 13.1. The summed E-state index contributed by atoms with van der Waals surface area (Å²) in [7, 11) is 1.76. The van der Waals surface area contributed by atoms with Crippen molar-refractivity contribution >= 4 is 11.7 Å². The van der Waals surface area contributed by atoms with Crippen LogP contribution in [0.15, 0.2) is 18.2 Å². The Morgan fingerprint density at radius 2 is 2.22 bits per heavy atom. The minimum absolute atomic E-state index is 0.00893. The number of hydrogen-bond donors (Lipinski definition) is 0. The molecule has 1 fully saturated rings. The Bertz CT molecular complexity index is 427. The van der Waals surface area contributed by atoms with Crippen molar-refractivity contribution in [3.8, 4) is 0 Å². The minimum atomic E-state index is 0.00893. The molecule has 1 aliphatic heterocycles. The maximum atomic E-state index is 11.3. The summed E-state index contributed by atoms with van der Waals surface area (Å²) < 4.78 is 0. The van der Waals surface area contributed by atoms with E-state index in [4.69, 9.17) is 0 Å². The lowest BCUT2D eigenvalue weighted by Crippen LogP contribution is -2.45. The van der Waals surface area contributed by atoms with Gasteiger partial charge in [0, 0.05) is 33.6 Å². The highest BCUT2D eigenvalue weighted by Crippen LogP contribution is 2.21. The summed E-state index contributed by atoms with van der Waals surface area (Å²) in [5.41, 5.74) is 1.04. The summed E-state index contributed by atoms with van der Waals surface area (Å²) in [6.07, 6.45) is 1.26. The topological polar surface area (TPSA) is 36.4 Å². The van der Waals surface area contributed by atoms with E-state index in [9.17, 15) is 4.79 Å². The van der Waals surface area contributed by atoms with E-state index >= 15 is 0 Å². The highest BCUT2D eigenvalue weighted by Gasteiger charge is 2.25. The van der Waals surface area contributed by atoms with E-state index in [1.165, 1.54) is 19.5 Å². The first-order chi connectivity index (χ1) is 8.60. The molecule has 0 bridgehead atoms. The lowest BCUT2D eigenvalue weighted by Gasteiger charge is -2.38. The molecule has 0 atom stereocenters. The van der Waals surface area contributed by atoms with Crippen molar-refractivity contribution in [2.75, 3.05) is 25.0 Å². The van der Waals surface area contributed by atoms with E-state index in [0.29, 0.717) is 0 Å². The van der Waals surface area contributed by atoms with Crippen LogP contribution in [0.2, 0.25) is 0 Å². The van der Waals surface area contributed by atoms with Gasteiger partial charge in [0.1, 0.15) is 5.82 Å². The van der Waals surface area contributed by atoms with Crippen molar-refractivity contribution in [1.82, 2.24) is 9.88 Å². The molecule has 1 saturated heterocycles. The predicted octanol–water partition coefficient (Wildman–Crippen LogP) is 1.91. The van der Waals surface area contributed by atoms with Crippen molar-refractivity contribution in [3.05, 3.63) is 23.9 Å². The van der Waals surface area contributed by atoms with E-state index in [0.717, 1.165) is 24.0 Å². The molecule has 0 aromatic carbocycles. The Balaban J connectivity index is 1.98. The first-order valence-corrected chi connectivity index (χ1v) is 6.52. The maximum Gasteiger partial charge on any atom is 0.224 e. The van der Waals surface area contributed by atoms with Gasteiger partial charge in [0.15, 0.2) is 0 Å². The Labute approximate surface area is 109 Å². The van der Waals surface area contributed by atoms with Crippen LogP contribution in [0.25, 0.3) is 0 Å². The number of likely N-dealkylation sites (tertiary alicyclic amines) is 1. The van der Waals surface area contributed by atoms with Gasteiger partial charge in [-0.1, -0.05) is 19.4 Å². The Morgan fingerprint density at radius 1 is 1.50 bits per heavy atom. The van der Waals surface area contributed by atoms with Crippen molar-refractivity contribution in [1.29, 1.82) is 0 Å². The van der Waals surface area contributed by atoms with E-state index in [2.05, 4.69) is 16.8 Å². The highest BCUT2D eigenvalue weighted by molar-refractivity contribution is 5.89. The van der Waals surface area contributed by atoms with E-state index in [1.54, 1.807) is 18.9 Å². The molecule has 0 N–H and O–H groups in total. The number of amides is 1. The van der Waals surface area contributed by atoms with Gasteiger partial charge in [0.2, 0.25) is 5.91 Å². The normalized spacial score (nSPS) is 16.4. The third kappa shape index (κ3) is 2.88. The van der Waals surface area contributed by atoms with Gasteiger partial charge in [-0.3, -0.25) is 9.69 Å². The van der Waals surface area contributed by atoms with Crippen LogP contribution in [-0.2, 0) is 11.3 Å². The van der Waals surface area contributed by atoms with E-state index < -0.39 is 0 Å². The number of carbonyl (C=O) groups is 1. The fourth-order valence-electron chi connectivity index (χ4n) is 2.20. The SMILES string of the molecule is CCC1CN(Cc2cccc(N(C)C(C)=O)n2)C1. The maximum absolute atomic E-state index is 11.3. The zero-order valence-corrected chi connectivity index (χ0v) is 11.4. The fraction of sp³-hybridized carbons (Fsp3) is 0.571. The largest absolute Gasteiger partial charge is 0.300 e. The molecule has 0 saturated carbocycles. The molecule has 1 aromatic heterocycles. The summed E-state index contributed by atoms with van der Waals surface area (Å²) in [6.45, 7) is 7.02. The van der Waals surface area contributed by atoms with Crippen LogP contribution in [0.3, 0.4) is 0 Å². The van der Waals surface area contributed by atoms with Gasteiger partial charge in [-0.15, -0.1) is 0 Å². The van der Waals surface area contributed by atoms with Gasteiger partial charge in [0.05, 0.1) is 5.69 Å². The first-order valence-electron chi connectivity index (χ1n) is 6.52. The summed E-state index contributed by atoms with van der Waals surface area (Å²) >= 11 is 0. The van der Waals surface area contributed by atoms with Crippen LogP contribution >= 0.6 is 0 Å².